The van der Waals surface area contributed by atoms with Gasteiger partial charge in [-0.15, -0.1) is 0 Å². The molecule has 1 aliphatic rings. The molecular weight excluding hydrogens is 228 g/mol. The van der Waals surface area contributed by atoms with Crippen LogP contribution in [-0.2, 0) is 4.74 Å². The first-order chi connectivity index (χ1) is 8.81. The number of hydrogen-bond donors (Lipinski definition) is 1. The quantitative estimate of drug-likeness (QED) is 0.872. The first kappa shape index (κ1) is 13.1. The molecule has 0 bridgehead atoms. The molecule has 1 heterocycles. The molecule has 100 valence electrons. The average molecular weight is 250 g/mol. The number of nitrogens with one attached hydrogen (secondary N) is 1. The number of pyridine rings is 1. The maximum Gasteiger partial charge on any atom is 0.140 e. The summed E-state index contributed by atoms with van der Waals surface area (Å²) in [6, 6.07) is 2.01. The molecule has 1 fully saturated rings. The van der Waals surface area contributed by atoms with Crippen LogP contribution in [0.4, 0.5) is 5.69 Å². The van der Waals surface area contributed by atoms with Crippen molar-refractivity contribution in [1.29, 1.82) is 0 Å². The zero-order chi connectivity index (χ0) is 12.8. The highest BCUT2D eigenvalue weighted by Gasteiger charge is 2.23. The third kappa shape index (κ3) is 3.60. The predicted molar refractivity (Wildman–Crippen MR) is 72.1 cm³/mol. The van der Waals surface area contributed by atoms with E-state index in [-0.39, 0.29) is 6.10 Å². The molecule has 0 spiro atoms. The van der Waals surface area contributed by atoms with E-state index >= 15 is 0 Å². The van der Waals surface area contributed by atoms with Crippen molar-refractivity contribution in [3.05, 3.63) is 18.5 Å². The summed E-state index contributed by atoms with van der Waals surface area (Å²) in [5.41, 5.74) is 1.01. The zero-order valence-corrected chi connectivity index (χ0v) is 11.2. The van der Waals surface area contributed by atoms with E-state index in [4.69, 9.17) is 9.47 Å². The zero-order valence-electron chi connectivity index (χ0n) is 11.2. The second-order valence-electron chi connectivity index (χ2n) is 4.70. The predicted octanol–water partition coefficient (Wildman–Crippen LogP) is 2.85. The summed E-state index contributed by atoms with van der Waals surface area (Å²) < 4.78 is 11.4. The van der Waals surface area contributed by atoms with Gasteiger partial charge in [-0.05, 0) is 26.2 Å². The molecule has 0 saturated heterocycles. The molecule has 1 aromatic heterocycles. The molecule has 4 nitrogen and oxygen atoms in total. The van der Waals surface area contributed by atoms with E-state index in [0.717, 1.165) is 37.2 Å². The van der Waals surface area contributed by atoms with E-state index in [2.05, 4.69) is 17.2 Å². The number of hydrogen-bond acceptors (Lipinski definition) is 4. The van der Waals surface area contributed by atoms with Crippen LogP contribution in [0.15, 0.2) is 18.5 Å². The summed E-state index contributed by atoms with van der Waals surface area (Å²) in [7, 11) is 1.78. The summed E-state index contributed by atoms with van der Waals surface area (Å²) in [4.78, 5) is 4.19. The van der Waals surface area contributed by atoms with Crippen LogP contribution in [-0.4, -0.2) is 30.8 Å². The van der Waals surface area contributed by atoms with E-state index in [9.17, 15) is 0 Å². The summed E-state index contributed by atoms with van der Waals surface area (Å²) >= 11 is 0. The van der Waals surface area contributed by atoms with Crippen LogP contribution in [0.3, 0.4) is 0 Å². The second-order valence-corrected chi connectivity index (χ2v) is 4.70. The molecule has 0 radical (unpaired) electrons. The Balaban J connectivity index is 1.93. The highest BCUT2D eigenvalue weighted by atomic mass is 16.5. The van der Waals surface area contributed by atoms with E-state index in [0.29, 0.717) is 6.10 Å². The maximum atomic E-state index is 5.99. The number of methoxy groups -OCH3 is 1. The fourth-order valence-corrected chi connectivity index (χ4v) is 2.40. The molecule has 0 aromatic carbocycles. The smallest absolute Gasteiger partial charge is 0.140 e. The third-order valence-electron chi connectivity index (χ3n) is 3.31. The monoisotopic (exact) mass is 250 g/mol. The lowest BCUT2D eigenvalue weighted by atomic mass is 9.95. The maximum absolute atomic E-state index is 5.99. The van der Waals surface area contributed by atoms with Gasteiger partial charge in [0, 0.05) is 26.1 Å². The lowest BCUT2D eigenvalue weighted by Crippen LogP contribution is -2.29. The molecule has 0 aliphatic heterocycles. The molecule has 2 unspecified atom stereocenters. The first-order valence-corrected chi connectivity index (χ1v) is 6.70. The first-order valence-electron chi connectivity index (χ1n) is 6.70. The van der Waals surface area contributed by atoms with Gasteiger partial charge in [0.25, 0.3) is 0 Å². The van der Waals surface area contributed by atoms with E-state index < -0.39 is 0 Å². The van der Waals surface area contributed by atoms with Crippen molar-refractivity contribution in [1.82, 2.24) is 4.98 Å². The number of aromatic nitrogens is 1. The molecule has 1 N–H and O–H groups in total. The van der Waals surface area contributed by atoms with Gasteiger partial charge in [0.2, 0.25) is 0 Å². The number of rotatable bonds is 5. The summed E-state index contributed by atoms with van der Waals surface area (Å²) in [6.45, 7) is 2.96. The highest BCUT2D eigenvalue weighted by Crippen LogP contribution is 2.25. The van der Waals surface area contributed by atoms with Crippen LogP contribution in [0.25, 0.3) is 0 Å². The van der Waals surface area contributed by atoms with Crippen LogP contribution >= 0.6 is 0 Å². The molecule has 2 atom stereocenters. The van der Waals surface area contributed by atoms with Crippen LogP contribution in [0.2, 0.25) is 0 Å². The highest BCUT2D eigenvalue weighted by molar-refractivity contribution is 5.44. The van der Waals surface area contributed by atoms with Crippen LogP contribution in [0.1, 0.15) is 32.6 Å². The molecule has 1 saturated carbocycles. The van der Waals surface area contributed by atoms with Gasteiger partial charge in [-0.25, -0.2) is 0 Å². The molecule has 1 aliphatic carbocycles. The average Bonchev–Trinajstić information content (AvgIpc) is 2.40. The lowest BCUT2D eigenvalue weighted by Gasteiger charge is -2.28. The molecule has 18 heavy (non-hydrogen) atoms. The van der Waals surface area contributed by atoms with Crippen molar-refractivity contribution < 1.29 is 9.47 Å². The van der Waals surface area contributed by atoms with Gasteiger partial charge in [-0.3, -0.25) is 4.98 Å². The van der Waals surface area contributed by atoms with Gasteiger partial charge < -0.3 is 14.8 Å². The van der Waals surface area contributed by atoms with Gasteiger partial charge in [0.05, 0.1) is 24.2 Å². The molecular formula is C14H22N2O2. The van der Waals surface area contributed by atoms with Crippen molar-refractivity contribution in [2.75, 3.05) is 19.0 Å². The minimum Gasteiger partial charge on any atom is -0.489 e. The number of ether oxygens (including phenoxy) is 2. The van der Waals surface area contributed by atoms with Gasteiger partial charge in [0.1, 0.15) is 11.9 Å². The van der Waals surface area contributed by atoms with Crippen LogP contribution < -0.4 is 10.1 Å². The summed E-state index contributed by atoms with van der Waals surface area (Å²) in [6.07, 6.45) is 8.57. The van der Waals surface area contributed by atoms with Crippen LogP contribution in [0, 0.1) is 0 Å². The Hall–Kier alpha value is -1.29. The van der Waals surface area contributed by atoms with Gasteiger partial charge in [0.15, 0.2) is 0 Å². The molecule has 2 rings (SSSR count). The largest absolute Gasteiger partial charge is 0.489 e. The Morgan fingerprint density at radius 3 is 2.94 bits per heavy atom. The second kappa shape index (κ2) is 6.59. The van der Waals surface area contributed by atoms with Crippen molar-refractivity contribution in [3.8, 4) is 5.75 Å². The minimum absolute atomic E-state index is 0.252. The molecule has 1 aromatic rings. The van der Waals surface area contributed by atoms with E-state index in [1.54, 1.807) is 13.3 Å². The van der Waals surface area contributed by atoms with Crippen molar-refractivity contribution in [2.24, 2.45) is 0 Å². The standard InChI is InChI=1S/C14H22N2O2/c1-3-16-11-7-14(10-15-9-11)18-13-6-4-5-12(8-13)17-2/h7,9-10,12-13,16H,3-6,8H2,1-2H3. The lowest BCUT2D eigenvalue weighted by molar-refractivity contribution is 0.0209. The minimum atomic E-state index is 0.252. The van der Waals surface area contributed by atoms with Crippen molar-refractivity contribution >= 4 is 5.69 Å². The topological polar surface area (TPSA) is 43.4 Å². The summed E-state index contributed by atoms with van der Waals surface area (Å²) in [5, 5.41) is 3.24. The van der Waals surface area contributed by atoms with Crippen molar-refractivity contribution in [3.63, 3.8) is 0 Å². The van der Waals surface area contributed by atoms with Crippen molar-refractivity contribution in [2.45, 2.75) is 44.8 Å². The Labute approximate surface area is 109 Å². The number of nitrogens with zero attached hydrogens (tertiary/aromatic N) is 1. The SMILES string of the molecule is CCNc1cncc(OC2CCCC(OC)C2)c1. The van der Waals surface area contributed by atoms with Gasteiger partial charge in [-0.1, -0.05) is 0 Å². The number of anilines is 1. The Bertz CT molecular complexity index is 371. The van der Waals surface area contributed by atoms with Crippen LogP contribution in [0.5, 0.6) is 5.75 Å². The Morgan fingerprint density at radius 1 is 1.33 bits per heavy atom. The molecule has 4 heteroatoms. The van der Waals surface area contributed by atoms with Gasteiger partial charge >= 0.3 is 0 Å². The normalized spacial score (nSPS) is 23.7. The third-order valence-corrected chi connectivity index (χ3v) is 3.31. The Kier molecular flexibility index (Phi) is 4.81. The Morgan fingerprint density at radius 2 is 2.17 bits per heavy atom. The van der Waals surface area contributed by atoms with E-state index in [1.165, 1.54) is 6.42 Å². The van der Waals surface area contributed by atoms with Gasteiger partial charge in [-0.2, -0.15) is 0 Å². The fraction of sp³-hybridized carbons (Fsp3) is 0.643. The fourth-order valence-electron chi connectivity index (χ4n) is 2.40. The molecule has 0 amide bonds. The van der Waals surface area contributed by atoms with E-state index in [1.807, 2.05) is 12.3 Å². The summed E-state index contributed by atoms with van der Waals surface area (Å²) in [5.74, 6) is 0.843.